The number of anilines is 1. The Hall–Kier alpha value is -2.90. The van der Waals surface area contributed by atoms with Crippen LogP contribution in [-0.4, -0.2) is 34.4 Å². The largest absolute Gasteiger partial charge is 0.348 e. The van der Waals surface area contributed by atoms with Crippen LogP contribution in [0.15, 0.2) is 30.6 Å². The Bertz CT molecular complexity index is 947. The molecule has 29 heavy (non-hydrogen) atoms. The van der Waals surface area contributed by atoms with Crippen LogP contribution in [0, 0.1) is 24.0 Å². The molecule has 1 N–H and O–H groups in total. The second-order valence-corrected chi connectivity index (χ2v) is 7.93. The smallest absolute Gasteiger partial charge is 0.271 e. The van der Waals surface area contributed by atoms with Crippen molar-refractivity contribution in [2.75, 3.05) is 11.4 Å². The highest BCUT2D eigenvalue weighted by atomic mass is 19.1. The molecule has 2 aromatic rings. The molecule has 2 heterocycles. The van der Waals surface area contributed by atoms with Gasteiger partial charge in [-0.25, -0.2) is 13.8 Å². The Labute approximate surface area is 167 Å². The molecule has 1 aliphatic carbocycles. The van der Waals surface area contributed by atoms with Crippen molar-refractivity contribution in [3.63, 3.8) is 0 Å². The van der Waals surface area contributed by atoms with Crippen molar-refractivity contribution in [3.8, 4) is 0 Å². The number of halogens is 2. The van der Waals surface area contributed by atoms with Crippen LogP contribution < -0.4 is 10.2 Å². The summed E-state index contributed by atoms with van der Waals surface area (Å²) in [5, 5.41) is 2.97. The molecular weight excluding hydrogens is 378 g/mol. The van der Waals surface area contributed by atoms with Gasteiger partial charge in [-0.1, -0.05) is 6.42 Å². The third kappa shape index (κ3) is 3.83. The number of nitrogens with one attached hydrogen (secondary N) is 1. The minimum absolute atomic E-state index is 0.128. The quantitative estimate of drug-likeness (QED) is 0.859. The van der Waals surface area contributed by atoms with Crippen molar-refractivity contribution in [2.45, 2.75) is 45.1 Å². The molecule has 2 fully saturated rings. The van der Waals surface area contributed by atoms with Crippen molar-refractivity contribution in [3.05, 3.63) is 53.6 Å². The van der Waals surface area contributed by atoms with E-state index in [0.717, 1.165) is 18.9 Å². The topological polar surface area (TPSA) is 75.2 Å². The van der Waals surface area contributed by atoms with Gasteiger partial charge in [0.25, 0.3) is 5.91 Å². The normalized spacial score (nSPS) is 24.2. The summed E-state index contributed by atoms with van der Waals surface area (Å²) in [6.45, 7) is 2.17. The molecule has 2 aliphatic rings. The van der Waals surface area contributed by atoms with Crippen LogP contribution in [0.5, 0.6) is 0 Å². The Kier molecular flexibility index (Phi) is 5.02. The van der Waals surface area contributed by atoms with Gasteiger partial charge in [0.05, 0.1) is 17.3 Å². The SMILES string of the molecule is Cc1cncc(C(=O)N[C@H]2CCC[C@]3(CCN(c4cc(F)cc(F)c4)C3=O)C2)n1. The van der Waals surface area contributed by atoms with Crippen molar-refractivity contribution < 1.29 is 18.4 Å². The van der Waals surface area contributed by atoms with Gasteiger partial charge >= 0.3 is 0 Å². The average Bonchev–Trinajstić information content (AvgIpc) is 2.97. The summed E-state index contributed by atoms with van der Waals surface area (Å²) in [7, 11) is 0. The Morgan fingerprint density at radius 1 is 1.21 bits per heavy atom. The molecule has 1 aromatic carbocycles. The summed E-state index contributed by atoms with van der Waals surface area (Å²) in [6, 6.07) is 2.99. The molecule has 1 aromatic heterocycles. The maximum Gasteiger partial charge on any atom is 0.271 e. The highest BCUT2D eigenvalue weighted by molar-refractivity contribution is 6.00. The zero-order chi connectivity index (χ0) is 20.6. The number of hydrogen-bond donors (Lipinski definition) is 1. The zero-order valence-corrected chi connectivity index (χ0v) is 16.1. The summed E-state index contributed by atoms with van der Waals surface area (Å²) in [6.07, 6.45) is 6.37. The molecule has 0 unspecified atom stereocenters. The maximum absolute atomic E-state index is 13.6. The highest BCUT2D eigenvalue weighted by Gasteiger charge is 2.49. The van der Waals surface area contributed by atoms with E-state index in [9.17, 15) is 18.4 Å². The van der Waals surface area contributed by atoms with E-state index in [0.29, 0.717) is 31.5 Å². The van der Waals surface area contributed by atoms with Crippen LogP contribution in [0.3, 0.4) is 0 Å². The van der Waals surface area contributed by atoms with Gasteiger partial charge in [0, 0.05) is 30.5 Å². The van der Waals surface area contributed by atoms with Gasteiger partial charge in [-0.15, -0.1) is 0 Å². The summed E-state index contributed by atoms with van der Waals surface area (Å²) in [5.41, 5.74) is 0.531. The predicted octanol–water partition coefficient (Wildman–Crippen LogP) is 3.16. The summed E-state index contributed by atoms with van der Waals surface area (Å²) in [4.78, 5) is 35.4. The third-order valence-corrected chi connectivity index (χ3v) is 5.84. The predicted molar refractivity (Wildman–Crippen MR) is 102 cm³/mol. The number of amides is 2. The van der Waals surface area contributed by atoms with Gasteiger partial charge in [0.15, 0.2) is 0 Å². The second-order valence-electron chi connectivity index (χ2n) is 7.93. The van der Waals surface area contributed by atoms with E-state index < -0.39 is 17.0 Å². The van der Waals surface area contributed by atoms with Crippen molar-refractivity contribution in [1.29, 1.82) is 0 Å². The molecule has 0 bridgehead atoms. The van der Waals surface area contributed by atoms with E-state index in [1.165, 1.54) is 23.2 Å². The van der Waals surface area contributed by atoms with Crippen molar-refractivity contribution >= 4 is 17.5 Å². The zero-order valence-electron chi connectivity index (χ0n) is 16.1. The lowest BCUT2D eigenvalue weighted by Gasteiger charge is -2.36. The molecule has 1 aliphatic heterocycles. The second kappa shape index (κ2) is 7.50. The number of carbonyl (C=O) groups is 2. The van der Waals surface area contributed by atoms with Gasteiger partial charge in [0.1, 0.15) is 17.3 Å². The molecule has 1 spiro atoms. The molecule has 4 rings (SSSR count). The van der Waals surface area contributed by atoms with Gasteiger partial charge in [-0.2, -0.15) is 0 Å². The first kappa shape index (κ1) is 19.4. The lowest BCUT2D eigenvalue weighted by atomic mass is 9.71. The van der Waals surface area contributed by atoms with Crippen LogP contribution in [-0.2, 0) is 4.79 Å². The van der Waals surface area contributed by atoms with Crippen LogP contribution in [0.2, 0.25) is 0 Å². The van der Waals surface area contributed by atoms with Gasteiger partial charge < -0.3 is 10.2 Å². The number of aryl methyl sites for hydroxylation is 1. The molecule has 152 valence electrons. The summed E-state index contributed by atoms with van der Waals surface area (Å²) in [5.74, 6) is -1.85. The van der Waals surface area contributed by atoms with Crippen LogP contribution >= 0.6 is 0 Å². The molecule has 2 amide bonds. The minimum atomic E-state index is -0.707. The van der Waals surface area contributed by atoms with E-state index in [2.05, 4.69) is 15.3 Å². The number of aromatic nitrogens is 2. The molecule has 6 nitrogen and oxygen atoms in total. The standard InChI is InChI=1S/C21H22F2N4O2/c1-13-11-24-12-18(25-13)19(28)26-16-3-2-4-21(10-16)5-6-27(20(21)29)17-8-14(22)7-15(23)9-17/h7-9,11-12,16H,2-6,10H2,1H3,(H,26,28)/t16-,21-/m0/s1. The van der Waals surface area contributed by atoms with E-state index in [-0.39, 0.29) is 29.2 Å². The van der Waals surface area contributed by atoms with Crippen LogP contribution in [0.25, 0.3) is 0 Å². The average molecular weight is 400 g/mol. The van der Waals surface area contributed by atoms with Crippen LogP contribution in [0.1, 0.15) is 48.3 Å². The Morgan fingerprint density at radius 3 is 2.69 bits per heavy atom. The van der Waals surface area contributed by atoms with E-state index in [1.54, 1.807) is 13.1 Å². The molecule has 8 heteroatoms. The number of benzene rings is 1. The van der Waals surface area contributed by atoms with E-state index >= 15 is 0 Å². The molecule has 0 radical (unpaired) electrons. The molecule has 1 saturated heterocycles. The van der Waals surface area contributed by atoms with Gasteiger partial charge in [-0.3, -0.25) is 14.6 Å². The number of rotatable bonds is 3. The van der Waals surface area contributed by atoms with E-state index in [4.69, 9.17) is 0 Å². The summed E-state index contributed by atoms with van der Waals surface area (Å²) >= 11 is 0. The van der Waals surface area contributed by atoms with E-state index in [1.807, 2.05) is 0 Å². The molecule has 1 saturated carbocycles. The third-order valence-electron chi connectivity index (χ3n) is 5.84. The lowest BCUT2D eigenvalue weighted by Crippen LogP contribution is -2.46. The van der Waals surface area contributed by atoms with Gasteiger partial charge in [-0.05, 0) is 44.7 Å². The van der Waals surface area contributed by atoms with Crippen LogP contribution in [0.4, 0.5) is 14.5 Å². The fourth-order valence-electron chi connectivity index (χ4n) is 4.50. The fourth-order valence-corrected chi connectivity index (χ4v) is 4.50. The number of carbonyl (C=O) groups excluding carboxylic acids is 2. The molecule has 2 atom stereocenters. The number of nitrogens with zero attached hydrogens (tertiary/aromatic N) is 3. The first-order valence-corrected chi connectivity index (χ1v) is 9.74. The Morgan fingerprint density at radius 2 is 1.97 bits per heavy atom. The van der Waals surface area contributed by atoms with Crippen molar-refractivity contribution in [1.82, 2.24) is 15.3 Å². The Balaban J connectivity index is 1.49. The van der Waals surface area contributed by atoms with Gasteiger partial charge in [0.2, 0.25) is 5.91 Å². The lowest BCUT2D eigenvalue weighted by molar-refractivity contribution is -0.127. The minimum Gasteiger partial charge on any atom is -0.348 e. The first-order valence-electron chi connectivity index (χ1n) is 9.74. The highest BCUT2D eigenvalue weighted by Crippen LogP contribution is 2.46. The monoisotopic (exact) mass is 400 g/mol. The summed E-state index contributed by atoms with van der Waals surface area (Å²) < 4.78 is 27.2. The maximum atomic E-state index is 13.6. The molecular formula is C21H22F2N4O2. The fraction of sp³-hybridized carbons (Fsp3) is 0.429. The number of hydrogen-bond acceptors (Lipinski definition) is 4. The first-order chi connectivity index (χ1) is 13.9. The van der Waals surface area contributed by atoms with Crippen molar-refractivity contribution in [2.24, 2.45) is 5.41 Å².